The molecule has 0 spiro atoms. The van der Waals surface area contributed by atoms with Crippen LogP contribution in [-0.2, 0) is 9.59 Å². The molecule has 0 atom stereocenters. The molecule has 1 saturated carbocycles. The highest BCUT2D eigenvalue weighted by atomic mass is 16.2. The summed E-state index contributed by atoms with van der Waals surface area (Å²) in [5.41, 5.74) is 1.03. The van der Waals surface area contributed by atoms with Crippen LogP contribution in [-0.4, -0.2) is 18.4 Å². The van der Waals surface area contributed by atoms with Crippen LogP contribution >= 0.6 is 0 Å². The second-order valence-corrected chi connectivity index (χ2v) is 7.17. The Labute approximate surface area is 149 Å². The van der Waals surface area contributed by atoms with Crippen molar-refractivity contribution in [2.24, 2.45) is 17.8 Å². The number of carbonyl (C=O) groups is 2. The highest BCUT2D eigenvalue weighted by molar-refractivity contribution is 5.94. The maximum absolute atomic E-state index is 12.4. The van der Waals surface area contributed by atoms with Gasteiger partial charge in [-0.25, -0.2) is 0 Å². The van der Waals surface area contributed by atoms with Crippen molar-refractivity contribution in [1.82, 2.24) is 5.32 Å². The lowest BCUT2D eigenvalue weighted by atomic mass is 9.81. The molecule has 5 nitrogen and oxygen atoms in total. The Morgan fingerprint density at radius 2 is 1.72 bits per heavy atom. The average molecular weight is 341 g/mol. The first-order chi connectivity index (χ1) is 12.0. The van der Waals surface area contributed by atoms with E-state index in [0.29, 0.717) is 30.0 Å². The van der Waals surface area contributed by atoms with Crippen LogP contribution in [0.15, 0.2) is 24.3 Å². The fourth-order valence-electron chi connectivity index (χ4n) is 3.17. The van der Waals surface area contributed by atoms with E-state index in [1.54, 1.807) is 24.3 Å². The third kappa shape index (κ3) is 5.60. The van der Waals surface area contributed by atoms with Gasteiger partial charge in [-0.3, -0.25) is 9.59 Å². The van der Waals surface area contributed by atoms with Gasteiger partial charge < -0.3 is 10.6 Å². The maximum Gasteiger partial charge on any atom is 0.227 e. The van der Waals surface area contributed by atoms with Crippen LogP contribution in [0.1, 0.15) is 51.5 Å². The lowest BCUT2D eigenvalue weighted by Gasteiger charge is -2.27. The Morgan fingerprint density at radius 1 is 1.12 bits per heavy atom. The van der Waals surface area contributed by atoms with Crippen molar-refractivity contribution >= 4 is 17.5 Å². The number of anilines is 1. The summed E-state index contributed by atoms with van der Waals surface area (Å²) < 4.78 is 0. The predicted molar refractivity (Wildman–Crippen MR) is 97.7 cm³/mol. The largest absolute Gasteiger partial charge is 0.356 e. The normalized spacial score (nSPS) is 19.9. The molecule has 1 aliphatic rings. The van der Waals surface area contributed by atoms with Gasteiger partial charge in [0.2, 0.25) is 11.8 Å². The van der Waals surface area contributed by atoms with E-state index >= 15 is 0 Å². The average Bonchev–Trinajstić information content (AvgIpc) is 2.62. The van der Waals surface area contributed by atoms with E-state index in [0.717, 1.165) is 25.8 Å². The number of carbonyl (C=O) groups excluding carboxylic acids is 2. The van der Waals surface area contributed by atoms with Gasteiger partial charge in [0.05, 0.1) is 11.3 Å². The number of amides is 2. The van der Waals surface area contributed by atoms with Gasteiger partial charge in [0, 0.05) is 18.4 Å². The van der Waals surface area contributed by atoms with Crippen LogP contribution < -0.4 is 10.6 Å². The minimum atomic E-state index is -0.0912. The molecule has 1 fully saturated rings. The molecule has 1 aromatic carbocycles. The van der Waals surface area contributed by atoms with Crippen molar-refractivity contribution < 1.29 is 9.59 Å². The first-order valence-electron chi connectivity index (χ1n) is 9.09. The van der Waals surface area contributed by atoms with Gasteiger partial charge in [0.15, 0.2) is 0 Å². The number of hydrogen-bond acceptors (Lipinski definition) is 3. The van der Waals surface area contributed by atoms with Crippen LogP contribution in [0, 0.1) is 29.1 Å². The van der Waals surface area contributed by atoms with Gasteiger partial charge in [-0.05, 0) is 50.2 Å². The third-order valence-electron chi connectivity index (χ3n) is 4.80. The summed E-state index contributed by atoms with van der Waals surface area (Å²) in [6.07, 6.45) is 3.89. The number of nitriles is 1. The molecule has 2 amide bonds. The summed E-state index contributed by atoms with van der Waals surface area (Å²) in [6, 6.07) is 9.09. The molecule has 2 rings (SSSR count). The summed E-state index contributed by atoms with van der Waals surface area (Å²) >= 11 is 0. The van der Waals surface area contributed by atoms with Gasteiger partial charge in [-0.1, -0.05) is 26.0 Å². The lowest BCUT2D eigenvalue weighted by Crippen LogP contribution is -2.36. The zero-order valence-electron chi connectivity index (χ0n) is 15.0. The van der Waals surface area contributed by atoms with Crippen LogP contribution in [0.5, 0.6) is 0 Å². The van der Waals surface area contributed by atoms with Gasteiger partial charge >= 0.3 is 0 Å². The van der Waals surface area contributed by atoms with E-state index in [-0.39, 0.29) is 23.7 Å². The summed E-state index contributed by atoms with van der Waals surface area (Å²) in [7, 11) is 0. The third-order valence-corrected chi connectivity index (χ3v) is 4.80. The van der Waals surface area contributed by atoms with Crippen LogP contribution in [0.25, 0.3) is 0 Å². The molecule has 0 saturated heterocycles. The second kappa shape index (κ2) is 9.22. The maximum atomic E-state index is 12.4. The number of nitrogens with one attached hydrogen (secondary N) is 2. The fraction of sp³-hybridized carbons (Fsp3) is 0.550. The molecule has 25 heavy (non-hydrogen) atoms. The zero-order valence-corrected chi connectivity index (χ0v) is 15.0. The first kappa shape index (κ1) is 19.0. The quantitative estimate of drug-likeness (QED) is 0.831. The molecule has 0 aliphatic heterocycles. The van der Waals surface area contributed by atoms with E-state index in [4.69, 9.17) is 5.26 Å². The van der Waals surface area contributed by atoms with Gasteiger partial charge in [-0.15, -0.1) is 0 Å². The van der Waals surface area contributed by atoms with Gasteiger partial charge in [0.1, 0.15) is 6.07 Å². The van der Waals surface area contributed by atoms with Crippen molar-refractivity contribution in [3.8, 4) is 6.07 Å². The molecule has 0 radical (unpaired) electrons. The summed E-state index contributed by atoms with van der Waals surface area (Å²) in [5, 5.41) is 15.0. The van der Waals surface area contributed by atoms with E-state index < -0.39 is 0 Å². The summed E-state index contributed by atoms with van der Waals surface area (Å²) in [4.78, 5) is 24.6. The lowest BCUT2D eigenvalue weighted by molar-refractivity contribution is -0.128. The molecule has 134 valence electrons. The number of para-hydroxylation sites is 1. The molecular formula is C20H27N3O2. The minimum absolute atomic E-state index is 0.0163. The Kier molecular flexibility index (Phi) is 7.00. The van der Waals surface area contributed by atoms with Crippen molar-refractivity contribution in [3.63, 3.8) is 0 Å². The second-order valence-electron chi connectivity index (χ2n) is 7.17. The zero-order chi connectivity index (χ0) is 18.2. The number of nitrogens with zero attached hydrogens (tertiary/aromatic N) is 1. The molecule has 0 aromatic heterocycles. The van der Waals surface area contributed by atoms with Crippen LogP contribution in [0.4, 0.5) is 5.69 Å². The van der Waals surface area contributed by atoms with Crippen LogP contribution in [0.2, 0.25) is 0 Å². The van der Waals surface area contributed by atoms with Crippen molar-refractivity contribution in [3.05, 3.63) is 29.8 Å². The highest BCUT2D eigenvalue weighted by Gasteiger charge is 2.30. The topological polar surface area (TPSA) is 82.0 Å². The van der Waals surface area contributed by atoms with Crippen molar-refractivity contribution in [2.75, 3.05) is 11.9 Å². The predicted octanol–water partition coefficient (Wildman–Crippen LogP) is 3.47. The Balaban J connectivity index is 1.80. The Hall–Kier alpha value is -2.35. The molecule has 2 N–H and O–H groups in total. The Morgan fingerprint density at radius 3 is 2.32 bits per heavy atom. The molecule has 0 heterocycles. The Bertz CT molecular complexity index is 641. The summed E-state index contributed by atoms with van der Waals surface area (Å²) in [6.45, 7) is 5.00. The summed E-state index contributed by atoms with van der Waals surface area (Å²) in [5.74, 6) is 0.570. The molecule has 5 heteroatoms. The molecule has 0 bridgehead atoms. The molecule has 1 aromatic rings. The monoisotopic (exact) mass is 341 g/mol. The first-order valence-corrected chi connectivity index (χ1v) is 9.09. The van der Waals surface area contributed by atoms with E-state index in [1.165, 1.54) is 0 Å². The van der Waals surface area contributed by atoms with Gasteiger partial charge in [0.25, 0.3) is 0 Å². The smallest absolute Gasteiger partial charge is 0.227 e. The fourth-order valence-corrected chi connectivity index (χ4v) is 3.17. The minimum Gasteiger partial charge on any atom is -0.356 e. The standard InChI is InChI=1S/C20H27N3O2/c1-14(2)11-12-22-19(24)15-7-9-16(10-8-15)20(25)23-18-6-4-3-5-17(18)13-21/h3-6,14-16H,7-12H2,1-2H3,(H,22,24)(H,23,25). The van der Waals surface area contributed by atoms with E-state index in [1.807, 2.05) is 0 Å². The SMILES string of the molecule is CC(C)CCNC(=O)C1CCC(C(=O)Nc2ccccc2C#N)CC1. The van der Waals surface area contributed by atoms with E-state index in [2.05, 4.69) is 30.6 Å². The number of benzene rings is 1. The van der Waals surface area contributed by atoms with Crippen molar-refractivity contribution in [2.45, 2.75) is 46.0 Å². The molecule has 1 aliphatic carbocycles. The van der Waals surface area contributed by atoms with E-state index in [9.17, 15) is 9.59 Å². The van der Waals surface area contributed by atoms with Crippen molar-refractivity contribution in [1.29, 1.82) is 5.26 Å². The highest BCUT2D eigenvalue weighted by Crippen LogP contribution is 2.30. The number of hydrogen-bond donors (Lipinski definition) is 2. The molecular weight excluding hydrogens is 314 g/mol. The van der Waals surface area contributed by atoms with Gasteiger partial charge in [-0.2, -0.15) is 5.26 Å². The number of rotatable bonds is 6. The molecule has 0 unspecified atom stereocenters. The van der Waals surface area contributed by atoms with Crippen LogP contribution in [0.3, 0.4) is 0 Å².